The minimum atomic E-state index is -0.0370. The Morgan fingerprint density at radius 2 is 2.57 bits per heavy atom. The Bertz CT molecular complexity index is 231. The van der Waals surface area contributed by atoms with Crippen LogP contribution in [0.2, 0.25) is 0 Å². The molecule has 1 saturated heterocycles. The van der Waals surface area contributed by atoms with Gasteiger partial charge in [-0.1, -0.05) is 5.11 Å². The van der Waals surface area contributed by atoms with Crippen molar-refractivity contribution in [1.29, 1.82) is 0 Å². The number of hydrogen-bond acceptors (Lipinski definition) is 3. The van der Waals surface area contributed by atoms with Crippen LogP contribution in [0.4, 0.5) is 0 Å². The number of rotatable bonds is 5. The van der Waals surface area contributed by atoms with Crippen molar-refractivity contribution in [3.63, 3.8) is 0 Å². The maximum atomic E-state index is 11.2. The van der Waals surface area contributed by atoms with Gasteiger partial charge in [-0.3, -0.25) is 4.79 Å². The highest BCUT2D eigenvalue weighted by atomic mass is 16.5. The second-order valence-electron chi connectivity index (χ2n) is 3.14. The summed E-state index contributed by atoms with van der Waals surface area (Å²) in [4.78, 5) is 13.8. The van der Waals surface area contributed by atoms with Crippen LogP contribution in [-0.4, -0.2) is 31.7 Å². The third kappa shape index (κ3) is 4.11. The number of carbonyl (C=O) groups is 1. The van der Waals surface area contributed by atoms with Crippen LogP contribution in [-0.2, 0) is 9.53 Å². The van der Waals surface area contributed by atoms with Crippen molar-refractivity contribution < 1.29 is 9.53 Å². The lowest BCUT2D eigenvalue weighted by Crippen LogP contribution is -2.29. The lowest BCUT2D eigenvalue weighted by molar-refractivity contribution is -0.123. The third-order valence-corrected chi connectivity index (χ3v) is 2.03. The van der Waals surface area contributed by atoms with Crippen LogP contribution < -0.4 is 5.32 Å². The average molecular weight is 198 g/mol. The molecule has 0 bridgehead atoms. The van der Waals surface area contributed by atoms with Gasteiger partial charge in [0.15, 0.2) is 0 Å². The number of nitrogens with zero attached hydrogens (tertiary/aromatic N) is 3. The van der Waals surface area contributed by atoms with Crippen LogP contribution in [0.3, 0.4) is 0 Å². The quantitative estimate of drug-likeness (QED) is 0.309. The van der Waals surface area contributed by atoms with Crippen molar-refractivity contribution in [3.05, 3.63) is 10.4 Å². The zero-order valence-corrected chi connectivity index (χ0v) is 7.98. The SMILES string of the molecule is [N-]=[N+]=NCCNC(=O)CC1CCCO1. The van der Waals surface area contributed by atoms with Gasteiger partial charge in [-0.25, -0.2) is 0 Å². The monoisotopic (exact) mass is 198 g/mol. The van der Waals surface area contributed by atoms with E-state index in [1.165, 1.54) is 0 Å². The molecule has 0 radical (unpaired) electrons. The summed E-state index contributed by atoms with van der Waals surface area (Å²) < 4.78 is 5.31. The molecule has 1 rings (SSSR count). The fourth-order valence-corrected chi connectivity index (χ4v) is 1.37. The molecule has 0 aromatic rings. The molecule has 1 unspecified atom stereocenters. The summed E-state index contributed by atoms with van der Waals surface area (Å²) in [5, 5.41) is 5.97. The van der Waals surface area contributed by atoms with Crippen LogP contribution in [0.5, 0.6) is 0 Å². The highest BCUT2D eigenvalue weighted by Crippen LogP contribution is 2.14. The van der Waals surface area contributed by atoms with E-state index >= 15 is 0 Å². The van der Waals surface area contributed by atoms with Crippen molar-refractivity contribution in [3.8, 4) is 0 Å². The Kier molecular flexibility index (Phi) is 4.82. The van der Waals surface area contributed by atoms with E-state index < -0.39 is 0 Å². The van der Waals surface area contributed by atoms with Crippen LogP contribution in [0.1, 0.15) is 19.3 Å². The van der Waals surface area contributed by atoms with Crippen LogP contribution in [0.15, 0.2) is 5.11 Å². The zero-order valence-electron chi connectivity index (χ0n) is 7.98. The van der Waals surface area contributed by atoms with Gasteiger partial charge in [-0.2, -0.15) is 0 Å². The van der Waals surface area contributed by atoms with Gasteiger partial charge in [0.1, 0.15) is 0 Å². The molecule has 1 amide bonds. The molecule has 14 heavy (non-hydrogen) atoms. The van der Waals surface area contributed by atoms with E-state index in [4.69, 9.17) is 10.3 Å². The predicted molar refractivity (Wildman–Crippen MR) is 50.6 cm³/mol. The first-order valence-corrected chi connectivity index (χ1v) is 4.72. The standard InChI is InChI=1S/C8H14N4O2/c9-12-11-4-3-10-8(13)6-7-2-1-5-14-7/h7H,1-6H2,(H,10,13). The van der Waals surface area contributed by atoms with Gasteiger partial charge >= 0.3 is 0 Å². The lowest BCUT2D eigenvalue weighted by atomic mass is 10.2. The number of carbonyl (C=O) groups excluding carboxylic acids is 1. The van der Waals surface area contributed by atoms with E-state index in [-0.39, 0.29) is 12.0 Å². The van der Waals surface area contributed by atoms with Crippen LogP contribution in [0.25, 0.3) is 10.4 Å². The van der Waals surface area contributed by atoms with Crippen molar-refractivity contribution in [2.24, 2.45) is 5.11 Å². The molecule has 1 aliphatic rings. The first-order chi connectivity index (χ1) is 6.83. The molecular formula is C8H14N4O2. The Labute approximate surface area is 82.2 Å². The summed E-state index contributed by atoms with van der Waals surface area (Å²) in [5.74, 6) is -0.0370. The Morgan fingerprint density at radius 3 is 3.21 bits per heavy atom. The Hall–Kier alpha value is -1.26. The number of amides is 1. The number of ether oxygens (including phenoxy) is 1. The van der Waals surface area contributed by atoms with Crippen LogP contribution >= 0.6 is 0 Å². The first kappa shape index (κ1) is 10.8. The summed E-state index contributed by atoms with van der Waals surface area (Å²) in [7, 11) is 0. The first-order valence-electron chi connectivity index (χ1n) is 4.72. The largest absolute Gasteiger partial charge is 0.378 e. The summed E-state index contributed by atoms with van der Waals surface area (Å²) in [5.41, 5.74) is 7.99. The minimum Gasteiger partial charge on any atom is -0.378 e. The predicted octanol–water partition coefficient (Wildman–Crippen LogP) is 0.982. The van der Waals surface area contributed by atoms with E-state index in [0.717, 1.165) is 19.4 Å². The molecule has 0 saturated carbocycles. The van der Waals surface area contributed by atoms with Gasteiger partial charge in [0.25, 0.3) is 0 Å². The molecule has 1 aliphatic heterocycles. The van der Waals surface area contributed by atoms with Crippen LogP contribution in [0, 0.1) is 0 Å². The van der Waals surface area contributed by atoms with E-state index in [1.54, 1.807) is 0 Å². The molecule has 0 aromatic heterocycles. The maximum absolute atomic E-state index is 11.2. The average Bonchev–Trinajstić information content (AvgIpc) is 2.65. The molecule has 0 aliphatic carbocycles. The molecule has 6 heteroatoms. The second kappa shape index (κ2) is 6.23. The number of nitrogens with one attached hydrogen (secondary N) is 1. The molecule has 1 atom stereocenters. The summed E-state index contributed by atoms with van der Waals surface area (Å²) >= 11 is 0. The fourth-order valence-electron chi connectivity index (χ4n) is 1.37. The number of hydrogen-bond donors (Lipinski definition) is 1. The van der Waals surface area contributed by atoms with Gasteiger partial charge in [0.05, 0.1) is 12.5 Å². The normalized spacial score (nSPS) is 20.1. The second-order valence-corrected chi connectivity index (χ2v) is 3.14. The fraction of sp³-hybridized carbons (Fsp3) is 0.875. The smallest absolute Gasteiger partial charge is 0.222 e. The third-order valence-electron chi connectivity index (χ3n) is 2.03. The lowest BCUT2D eigenvalue weighted by Gasteiger charge is -2.08. The molecular weight excluding hydrogens is 184 g/mol. The highest BCUT2D eigenvalue weighted by Gasteiger charge is 2.18. The van der Waals surface area contributed by atoms with E-state index in [0.29, 0.717) is 19.5 Å². The highest BCUT2D eigenvalue weighted by molar-refractivity contribution is 5.76. The maximum Gasteiger partial charge on any atom is 0.222 e. The van der Waals surface area contributed by atoms with Gasteiger partial charge in [0, 0.05) is 24.6 Å². The van der Waals surface area contributed by atoms with Gasteiger partial charge in [-0.15, -0.1) is 0 Å². The zero-order chi connectivity index (χ0) is 10.2. The molecule has 1 N–H and O–H groups in total. The van der Waals surface area contributed by atoms with E-state index in [2.05, 4.69) is 15.3 Å². The van der Waals surface area contributed by atoms with Crippen molar-refractivity contribution >= 4 is 5.91 Å². The summed E-state index contributed by atoms with van der Waals surface area (Å²) in [6, 6.07) is 0. The van der Waals surface area contributed by atoms with Gasteiger partial charge < -0.3 is 10.1 Å². The summed E-state index contributed by atoms with van der Waals surface area (Å²) in [6.07, 6.45) is 2.49. The van der Waals surface area contributed by atoms with E-state index in [1.807, 2.05) is 0 Å². The Morgan fingerprint density at radius 1 is 1.71 bits per heavy atom. The minimum absolute atomic E-state index is 0.0370. The van der Waals surface area contributed by atoms with Crippen molar-refractivity contribution in [1.82, 2.24) is 5.32 Å². The molecule has 78 valence electrons. The summed E-state index contributed by atoms with van der Waals surface area (Å²) in [6.45, 7) is 1.46. The molecule has 6 nitrogen and oxygen atoms in total. The van der Waals surface area contributed by atoms with Crippen molar-refractivity contribution in [2.45, 2.75) is 25.4 Å². The van der Waals surface area contributed by atoms with E-state index in [9.17, 15) is 4.79 Å². The van der Waals surface area contributed by atoms with Crippen molar-refractivity contribution in [2.75, 3.05) is 19.7 Å². The Balaban J connectivity index is 2.06. The molecule has 0 aromatic carbocycles. The molecule has 0 spiro atoms. The van der Waals surface area contributed by atoms with Gasteiger partial charge in [0.2, 0.25) is 5.91 Å². The topological polar surface area (TPSA) is 87.1 Å². The number of azide groups is 1. The van der Waals surface area contributed by atoms with Gasteiger partial charge in [-0.05, 0) is 18.4 Å². The molecule has 1 heterocycles. The molecule has 1 fully saturated rings.